The SMILES string of the molecule is NSOCC1CCC(Nc2ccncc2C(=O)c2ccn(Cc3ccc(F)c(Cl)c3)n2)C1. The molecular weight excluding hydrogens is 453 g/mol. The molecule has 1 saturated carbocycles. The molecule has 2 atom stereocenters. The van der Waals surface area contributed by atoms with Crippen molar-refractivity contribution in [3.8, 4) is 0 Å². The molecule has 3 N–H and O–H groups in total. The van der Waals surface area contributed by atoms with Gasteiger partial charge in [-0.25, -0.2) is 4.39 Å². The lowest BCUT2D eigenvalue weighted by molar-refractivity contribution is 0.103. The van der Waals surface area contributed by atoms with Crippen molar-refractivity contribution >= 4 is 35.3 Å². The maximum absolute atomic E-state index is 13.4. The van der Waals surface area contributed by atoms with E-state index in [4.69, 9.17) is 20.9 Å². The highest BCUT2D eigenvalue weighted by atomic mass is 35.5. The molecule has 2 aromatic heterocycles. The first-order valence-corrected chi connectivity index (χ1v) is 11.4. The van der Waals surface area contributed by atoms with E-state index in [2.05, 4.69) is 15.4 Å². The van der Waals surface area contributed by atoms with E-state index in [-0.39, 0.29) is 16.8 Å². The third kappa shape index (κ3) is 5.47. The lowest BCUT2D eigenvalue weighted by atomic mass is 10.1. The summed E-state index contributed by atoms with van der Waals surface area (Å²) in [4.78, 5) is 17.3. The minimum Gasteiger partial charge on any atom is -0.382 e. The molecule has 4 rings (SSSR count). The number of benzene rings is 1. The number of aromatic nitrogens is 3. The minimum absolute atomic E-state index is 0.0551. The molecule has 3 aromatic rings. The van der Waals surface area contributed by atoms with E-state index in [1.807, 2.05) is 6.07 Å². The summed E-state index contributed by atoms with van der Waals surface area (Å²) in [5, 5.41) is 13.3. The van der Waals surface area contributed by atoms with E-state index < -0.39 is 5.82 Å². The molecule has 0 amide bonds. The topological polar surface area (TPSA) is 95.1 Å². The average Bonchev–Trinajstić information content (AvgIpc) is 3.44. The van der Waals surface area contributed by atoms with Gasteiger partial charge in [0.2, 0.25) is 5.78 Å². The first-order chi connectivity index (χ1) is 15.5. The van der Waals surface area contributed by atoms with Gasteiger partial charge in [-0.15, -0.1) is 0 Å². The summed E-state index contributed by atoms with van der Waals surface area (Å²) < 4.78 is 20.3. The van der Waals surface area contributed by atoms with Gasteiger partial charge in [-0.2, -0.15) is 5.10 Å². The zero-order valence-electron chi connectivity index (χ0n) is 17.2. The van der Waals surface area contributed by atoms with Gasteiger partial charge in [-0.1, -0.05) is 17.7 Å². The van der Waals surface area contributed by atoms with Gasteiger partial charge in [0.15, 0.2) is 0 Å². The molecule has 2 unspecified atom stereocenters. The van der Waals surface area contributed by atoms with E-state index in [1.54, 1.807) is 41.5 Å². The maximum Gasteiger partial charge on any atom is 0.216 e. The maximum atomic E-state index is 13.4. The number of hydrogen-bond acceptors (Lipinski definition) is 7. The molecule has 1 aliphatic carbocycles. The highest BCUT2D eigenvalue weighted by molar-refractivity contribution is 7.92. The van der Waals surface area contributed by atoms with Crippen molar-refractivity contribution in [2.24, 2.45) is 11.1 Å². The molecule has 7 nitrogen and oxygen atoms in total. The fraction of sp³-hybridized carbons (Fsp3) is 0.318. The van der Waals surface area contributed by atoms with E-state index in [9.17, 15) is 9.18 Å². The van der Waals surface area contributed by atoms with Gasteiger partial charge < -0.3 is 9.50 Å². The van der Waals surface area contributed by atoms with Gasteiger partial charge in [0.05, 0.1) is 36.0 Å². The first-order valence-electron chi connectivity index (χ1n) is 10.2. The third-order valence-electron chi connectivity index (χ3n) is 5.54. The highest BCUT2D eigenvalue weighted by Gasteiger charge is 2.26. The molecule has 0 bridgehead atoms. The van der Waals surface area contributed by atoms with E-state index in [1.165, 1.54) is 6.07 Å². The van der Waals surface area contributed by atoms with Crippen LogP contribution >= 0.6 is 23.8 Å². The quantitative estimate of drug-likeness (QED) is 0.268. The summed E-state index contributed by atoms with van der Waals surface area (Å²) in [5.41, 5.74) is 2.31. The van der Waals surface area contributed by atoms with E-state index >= 15 is 0 Å². The zero-order chi connectivity index (χ0) is 22.5. The summed E-state index contributed by atoms with van der Waals surface area (Å²) in [6.07, 6.45) is 7.93. The Morgan fingerprint density at radius 2 is 2.22 bits per heavy atom. The average molecular weight is 476 g/mol. The van der Waals surface area contributed by atoms with Crippen molar-refractivity contribution in [3.63, 3.8) is 0 Å². The molecule has 1 fully saturated rings. The van der Waals surface area contributed by atoms with Crippen LogP contribution in [0.1, 0.15) is 40.9 Å². The van der Waals surface area contributed by atoms with E-state index in [0.29, 0.717) is 30.3 Å². The predicted octanol–water partition coefficient (Wildman–Crippen LogP) is 4.47. The number of ketones is 1. The summed E-state index contributed by atoms with van der Waals surface area (Å²) in [5.74, 6) is -0.239. The lowest BCUT2D eigenvalue weighted by Crippen LogP contribution is -2.19. The molecule has 0 radical (unpaired) electrons. The molecule has 1 aliphatic rings. The van der Waals surface area contributed by atoms with Crippen molar-refractivity contribution in [3.05, 3.63) is 76.6 Å². The van der Waals surface area contributed by atoms with Crippen LogP contribution in [0, 0.1) is 11.7 Å². The van der Waals surface area contributed by atoms with Gasteiger partial charge in [0, 0.05) is 30.3 Å². The van der Waals surface area contributed by atoms with Gasteiger partial charge in [0.25, 0.3) is 0 Å². The van der Waals surface area contributed by atoms with Crippen molar-refractivity contribution in [2.75, 3.05) is 11.9 Å². The molecular formula is C22H23ClFN5O2S. The lowest BCUT2D eigenvalue weighted by Gasteiger charge is -2.16. The van der Waals surface area contributed by atoms with Crippen LogP contribution in [0.25, 0.3) is 0 Å². The minimum atomic E-state index is -0.470. The standard InChI is InChI=1S/C22H23ClFN5O2S/c23-18-10-14(2-4-19(18)24)12-29-8-6-21(28-29)22(30)17-11-26-7-5-20(17)27-16-3-1-15(9-16)13-31-32-25/h2,4-8,10-11,15-16H,1,3,9,12-13,25H2,(H,26,27). The number of carbonyl (C=O) groups excluding carboxylic acids is 1. The number of carbonyl (C=O) groups is 1. The number of hydrogen-bond donors (Lipinski definition) is 2. The summed E-state index contributed by atoms with van der Waals surface area (Å²) in [6.45, 7) is 0.996. The smallest absolute Gasteiger partial charge is 0.216 e. The van der Waals surface area contributed by atoms with E-state index in [0.717, 1.165) is 42.7 Å². The summed E-state index contributed by atoms with van der Waals surface area (Å²) in [6, 6.07) is 8.23. The number of nitrogens with one attached hydrogen (secondary N) is 1. The van der Waals surface area contributed by atoms with Crippen LogP contribution in [0.15, 0.2) is 48.9 Å². The second kappa shape index (κ2) is 10.4. The molecule has 10 heteroatoms. The number of nitrogens with two attached hydrogens (primary N) is 1. The Morgan fingerprint density at radius 1 is 1.34 bits per heavy atom. The van der Waals surface area contributed by atoms with Gasteiger partial charge in [-0.3, -0.25) is 19.6 Å². The monoisotopic (exact) mass is 475 g/mol. The largest absolute Gasteiger partial charge is 0.382 e. The van der Waals surface area contributed by atoms with Crippen LogP contribution in [0.4, 0.5) is 10.1 Å². The molecule has 32 heavy (non-hydrogen) atoms. The van der Waals surface area contributed by atoms with Crippen LogP contribution in [-0.4, -0.2) is 33.2 Å². The first kappa shape index (κ1) is 22.7. The fourth-order valence-electron chi connectivity index (χ4n) is 3.95. The number of halogens is 2. The van der Waals surface area contributed by atoms with Crippen molar-refractivity contribution in [1.82, 2.24) is 14.8 Å². The third-order valence-corrected chi connectivity index (χ3v) is 6.10. The van der Waals surface area contributed by atoms with Crippen LogP contribution in [-0.2, 0) is 10.7 Å². The zero-order valence-corrected chi connectivity index (χ0v) is 18.8. The Hall–Kier alpha value is -2.46. The normalized spacial score (nSPS) is 18.1. The van der Waals surface area contributed by atoms with Crippen molar-refractivity contribution in [1.29, 1.82) is 0 Å². The van der Waals surface area contributed by atoms with Crippen molar-refractivity contribution in [2.45, 2.75) is 31.8 Å². The van der Waals surface area contributed by atoms with Crippen LogP contribution < -0.4 is 10.5 Å². The Labute approximate surface area is 194 Å². The second-order valence-electron chi connectivity index (χ2n) is 7.80. The number of anilines is 1. The Kier molecular flexibility index (Phi) is 7.41. The Balaban J connectivity index is 1.44. The number of rotatable bonds is 9. The molecule has 2 heterocycles. The highest BCUT2D eigenvalue weighted by Crippen LogP contribution is 2.30. The fourth-order valence-corrected chi connectivity index (χ4v) is 4.42. The Bertz CT molecular complexity index is 1100. The predicted molar refractivity (Wildman–Crippen MR) is 123 cm³/mol. The molecule has 1 aromatic carbocycles. The van der Waals surface area contributed by atoms with Crippen LogP contribution in [0.2, 0.25) is 5.02 Å². The number of pyridine rings is 1. The number of nitrogens with zero attached hydrogens (tertiary/aromatic N) is 3. The van der Waals surface area contributed by atoms with Gasteiger partial charge in [0.1, 0.15) is 11.5 Å². The van der Waals surface area contributed by atoms with Gasteiger partial charge >= 0.3 is 0 Å². The van der Waals surface area contributed by atoms with Crippen molar-refractivity contribution < 1.29 is 13.4 Å². The molecule has 168 valence electrons. The summed E-state index contributed by atoms with van der Waals surface area (Å²) >= 11 is 6.75. The molecule has 0 saturated heterocycles. The summed E-state index contributed by atoms with van der Waals surface area (Å²) in [7, 11) is 0. The molecule has 0 spiro atoms. The second-order valence-corrected chi connectivity index (χ2v) is 8.63. The Morgan fingerprint density at radius 3 is 3.03 bits per heavy atom. The van der Waals surface area contributed by atoms with Gasteiger partial charge in [-0.05, 0) is 55.0 Å². The van der Waals surface area contributed by atoms with Crippen LogP contribution in [0.3, 0.4) is 0 Å². The van der Waals surface area contributed by atoms with Crippen LogP contribution in [0.5, 0.6) is 0 Å². The molecule has 0 aliphatic heterocycles.